The van der Waals surface area contributed by atoms with Gasteiger partial charge in [-0.05, 0) is 30.5 Å². The molecule has 1 aliphatic heterocycles. The molecule has 2 aromatic rings. The number of carbonyl (C=O) groups is 1. The Bertz CT molecular complexity index is 786. The number of rotatable bonds is 6. The van der Waals surface area contributed by atoms with E-state index in [1.807, 2.05) is 34.6 Å². The van der Waals surface area contributed by atoms with Crippen molar-refractivity contribution in [3.63, 3.8) is 0 Å². The maximum Gasteiger partial charge on any atom is 0.233 e. The summed E-state index contributed by atoms with van der Waals surface area (Å²) in [5, 5.41) is 9.55. The van der Waals surface area contributed by atoms with Crippen molar-refractivity contribution in [1.29, 1.82) is 0 Å². The summed E-state index contributed by atoms with van der Waals surface area (Å²) in [5.74, 6) is 1.17. The van der Waals surface area contributed by atoms with Gasteiger partial charge in [0.05, 0.1) is 11.4 Å². The third-order valence-electron chi connectivity index (χ3n) is 4.62. The van der Waals surface area contributed by atoms with E-state index in [1.165, 1.54) is 11.8 Å². The summed E-state index contributed by atoms with van der Waals surface area (Å²) in [4.78, 5) is 17.0. The summed E-state index contributed by atoms with van der Waals surface area (Å²) in [6, 6.07) is 5.83. The SMILES string of the molecule is Cc1ccc(-n2cnnc2SCC(=O)N2CCN(CC(C)C)CC2)cc1Cl. The summed E-state index contributed by atoms with van der Waals surface area (Å²) < 4.78 is 1.86. The lowest BCUT2D eigenvalue weighted by Crippen LogP contribution is -2.50. The number of amides is 1. The lowest BCUT2D eigenvalue weighted by molar-refractivity contribution is -0.130. The second kappa shape index (κ2) is 9.08. The van der Waals surface area contributed by atoms with Gasteiger partial charge in [0, 0.05) is 37.7 Å². The first-order chi connectivity index (χ1) is 12.9. The Morgan fingerprint density at radius 1 is 1.26 bits per heavy atom. The highest BCUT2D eigenvalue weighted by Gasteiger charge is 2.22. The van der Waals surface area contributed by atoms with Crippen LogP contribution in [0.2, 0.25) is 5.02 Å². The Kier molecular flexibility index (Phi) is 6.78. The van der Waals surface area contributed by atoms with Crippen molar-refractivity contribution in [3.8, 4) is 5.69 Å². The molecule has 0 spiro atoms. The first-order valence-electron chi connectivity index (χ1n) is 9.23. The highest BCUT2D eigenvalue weighted by molar-refractivity contribution is 7.99. The van der Waals surface area contributed by atoms with Crippen LogP contribution in [0, 0.1) is 12.8 Å². The van der Waals surface area contributed by atoms with Crippen LogP contribution in [0.3, 0.4) is 0 Å². The van der Waals surface area contributed by atoms with E-state index in [4.69, 9.17) is 11.6 Å². The number of hydrogen-bond donors (Lipinski definition) is 0. The van der Waals surface area contributed by atoms with E-state index in [0.29, 0.717) is 21.8 Å². The standard InChI is InChI=1S/C19H26ClN5OS/c1-14(2)11-23-6-8-24(9-7-23)18(26)12-27-19-22-21-13-25(19)16-5-4-15(3)17(20)10-16/h4-5,10,13-14H,6-9,11-12H2,1-3H3. The van der Waals surface area contributed by atoms with Gasteiger partial charge in [-0.1, -0.05) is 43.3 Å². The summed E-state index contributed by atoms with van der Waals surface area (Å²) in [5.41, 5.74) is 1.92. The fourth-order valence-electron chi connectivity index (χ4n) is 3.15. The van der Waals surface area contributed by atoms with Crippen LogP contribution >= 0.6 is 23.4 Å². The first kappa shape index (κ1) is 20.2. The lowest BCUT2D eigenvalue weighted by Gasteiger charge is -2.35. The highest BCUT2D eigenvalue weighted by atomic mass is 35.5. The molecule has 146 valence electrons. The highest BCUT2D eigenvalue weighted by Crippen LogP contribution is 2.24. The summed E-state index contributed by atoms with van der Waals surface area (Å²) in [6.45, 7) is 11.0. The van der Waals surface area contributed by atoms with Gasteiger partial charge in [0.15, 0.2) is 5.16 Å². The molecule has 8 heteroatoms. The van der Waals surface area contributed by atoms with Gasteiger partial charge in [-0.15, -0.1) is 10.2 Å². The number of aryl methyl sites for hydroxylation is 1. The second-order valence-electron chi connectivity index (χ2n) is 7.28. The van der Waals surface area contributed by atoms with E-state index < -0.39 is 0 Å². The quantitative estimate of drug-likeness (QED) is 0.688. The molecule has 2 heterocycles. The molecule has 0 aliphatic carbocycles. The van der Waals surface area contributed by atoms with E-state index in [1.54, 1.807) is 6.33 Å². The molecule has 1 amide bonds. The smallest absolute Gasteiger partial charge is 0.233 e. The number of hydrogen-bond acceptors (Lipinski definition) is 5. The Morgan fingerprint density at radius 2 is 2.00 bits per heavy atom. The minimum Gasteiger partial charge on any atom is -0.339 e. The fourth-order valence-corrected chi connectivity index (χ4v) is 4.15. The monoisotopic (exact) mass is 407 g/mol. The largest absolute Gasteiger partial charge is 0.339 e. The van der Waals surface area contributed by atoms with Gasteiger partial charge < -0.3 is 4.90 Å². The minimum absolute atomic E-state index is 0.153. The zero-order valence-corrected chi connectivity index (χ0v) is 17.6. The fraction of sp³-hybridized carbons (Fsp3) is 0.526. The molecule has 0 saturated carbocycles. The maximum absolute atomic E-state index is 12.6. The lowest BCUT2D eigenvalue weighted by atomic mass is 10.2. The molecule has 1 fully saturated rings. The third-order valence-corrected chi connectivity index (χ3v) is 5.96. The number of piperazine rings is 1. The van der Waals surface area contributed by atoms with Gasteiger partial charge in [-0.25, -0.2) is 0 Å². The Hall–Kier alpha value is -1.57. The van der Waals surface area contributed by atoms with Gasteiger partial charge in [0.1, 0.15) is 6.33 Å². The normalized spacial score (nSPS) is 15.5. The van der Waals surface area contributed by atoms with Crippen molar-refractivity contribution in [2.75, 3.05) is 38.5 Å². The molecule has 0 radical (unpaired) electrons. The minimum atomic E-state index is 0.153. The molecule has 1 aromatic heterocycles. The van der Waals surface area contributed by atoms with Crippen LogP contribution < -0.4 is 0 Å². The van der Waals surface area contributed by atoms with Crippen LogP contribution in [0.15, 0.2) is 29.7 Å². The van der Waals surface area contributed by atoms with Crippen LogP contribution in [0.4, 0.5) is 0 Å². The molecule has 6 nitrogen and oxygen atoms in total. The van der Waals surface area contributed by atoms with Crippen LogP contribution in [-0.2, 0) is 4.79 Å². The maximum atomic E-state index is 12.6. The number of aromatic nitrogens is 3. The predicted octanol–water partition coefficient (Wildman–Crippen LogP) is 3.12. The molecule has 0 N–H and O–H groups in total. The van der Waals surface area contributed by atoms with E-state index in [9.17, 15) is 4.79 Å². The zero-order valence-electron chi connectivity index (χ0n) is 16.1. The molecule has 0 bridgehead atoms. The average molecular weight is 408 g/mol. The molecule has 1 aromatic carbocycles. The first-order valence-corrected chi connectivity index (χ1v) is 10.6. The van der Waals surface area contributed by atoms with Crippen molar-refractivity contribution < 1.29 is 4.79 Å². The van der Waals surface area contributed by atoms with Crippen molar-refractivity contribution in [2.45, 2.75) is 25.9 Å². The molecule has 1 aliphatic rings. The average Bonchev–Trinajstić information content (AvgIpc) is 3.10. The van der Waals surface area contributed by atoms with E-state index in [-0.39, 0.29) is 5.91 Å². The number of nitrogens with zero attached hydrogens (tertiary/aromatic N) is 5. The Balaban J connectivity index is 1.56. The van der Waals surface area contributed by atoms with Crippen molar-refractivity contribution in [2.24, 2.45) is 5.92 Å². The van der Waals surface area contributed by atoms with Gasteiger partial charge in [0.2, 0.25) is 5.91 Å². The molecule has 3 rings (SSSR count). The van der Waals surface area contributed by atoms with Crippen molar-refractivity contribution in [1.82, 2.24) is 24.6 Å². The molecular formula is C19H26ClN5OS. The van der Waals surface area contributed by atoms with E-state index in [0.717, 1.165) is 44.0 Å². The zero-order chi connectivity index (χ0) is 19.4. The number of thioether (sulfide) groups is 1. The second-order valence-corrected chi connectivity index (χ2v) is 8.63. The number of halogens is 1. The van der Waals surface area contributed by atoms with Crippen LogP contribution in [0.1, 0.15) is 19.4 Å². The summed E-state index contributed by atoms with van der Waals surface area (Å²) in [6.07, 6.45) is 1.65. The third kappa shape index (κ3) is 5.24. The van der Waals surface area contributed by atoms with Crippen molar-refractivity contribution >= 4 is 29.3 Å². The molecule has 0 unspecified atom stereocenters. The number of carbonyl (C=O) groups excluding carboxylic acids is 1. The van der Waals surface area contributed by atoms with Gasteiger partial charge in [-0.2, -0.15) is 0 Å². The van der Waals surface area contributed by atoms with Crippen LogP contribution in [0.5, 0.6) is 0 Å². The number of benzene rings is 1. The summed E-state index contributed by atoms with van der Waals surface area (Å²) in [7, 11) is 0. The van der Waals surface area contributed by atoms with Crippen LogP contribution in [-0.4, -0.2) is 68.9 Å². The van der Waals surface area contributed by atoms with Crippen molar-refractivity contribution in [3.05, 3.63) is 35.1 Å². The molecule has 27 heavy (non-hydrogen) atoms. The molecule has 1 saturated heterocycles. The molecular weight excluding hydrogens is 382 g/mol. The molecule has 0 atom stereocenters. The van der Waals surface area contributed by atoms with Gasteiger partial charge in [-0.3, -0.25) is 14.3 Å². The summed E-state index contributed by atoms with van der Waals surface area (Å²) >= 11 is 7.64. The van der Waals surface area contributed by atoms with Gasteiger partial charge in [0.25, 0.3) is 0 Å². The Morgan fingerprint density at radius 3 is 2.67 bits per heavy atom. The van der Waals surface area contributed by atoms with Crippen LogP contribution in [0.25, 0.3) is 5.69 Å². The predicted molar refractivity (Wildman–Crippen MR) is 110 cm³/mol. The Labute approximate surface area is 169 Å². The van der Waals surface area contributed by atoms with E-state index >= 15 is 0 Å². The van der Waals surface area contributed by atoms with E-state index in [2.05, 4.69) is 28.9 Å². The van der Waals surface area contributed by atoms with Gasteiger partial charge >= 0.3 is 0 Å². The topological polar surface area (TPSA) is 54.3 Å².